The Morgan fingerprint density at radius 2 is 2.07 bits per heavy atom. The predicted octanol–water partition coefficient (Wildman–Crippen LogP) is 0.339. The summed E-state index contributed by atoms with van der Waals surface area (Å²) in [5.41, 5.74) is 0.336. The van der Waals surface area contributed by atoms with Crippen LogP contribution in [0.4, 0.5) is 5.69 Å². The van der Waals surface area contributed by atoms with Crippen molar-refractivity contribution in [3.05, 3.63) is 36.4 Å². The van der Waals surface area contributed by atoms with Crippen molar-refractivity contribution >= 4 is 17.6 Å². The average Bonchev–Trinajstić information content (AvgIpc) is 2.15. The van der Waals surface area contributed by atoms with Gasteiger partial charge in [-0.3, -0.25) is 4.79 Å². The van der Waals surface area contributed by atoms with Crippen molar-refractivity contribution in [1.29, 1.82) is 0 Å². The molecule has 0 unspecified atom stereocenters. The molecule has 0 fully saturated rings. The topological polar surface area (TPSA) is 89.5 Å². The third-order valence-electron chi connectivity index (χ3n) is 1.48. The van der Waals surface area contributed by atoms with E-state index in [2.05, 4.69) is 5.32 Å². The summed E-state index contributed by atoms with van der Waals surface area (Å²) in [5.74, 6) is -2.03. The number of hydrogen-bond acceptors (Lipinski definition) is 3. The van der Waals surface area contributed by atoms with Gasteiger partial charge in [-0.25, -0.2) is 4.79 Å². The zero-order chi connectivity index (χ0) is 11.3. The van der Waals surface area contributed by atoms with E-state index in [1.54, 1.807) is 0 Å². The van der Waals surface area contributed by atoms with E-state index in [0.29, 0.717) is 5.69 Å². The molecule has 1 aromatic carbocycles. The van der Waals surface area contributed by atoms with Crippen molar-refractivity contribution in [2.75, 3.05) is 5.32 Å². The maximum absolute atomic E-state index is 11.1. The summed E-state index contributed by atoms with van der Waals surface area (Å²) >= 11 is 0. The highest BCUT2D eigenvalue weighted by Crippen LogP contribution is 2.12. The van der Waals surface area contributed by atoms with Gasteiger partial charge in [0.25, 0.3) is 0 Å². The molecule has 0 spiro atoms. The Morgan fingerprint density at radius 3 is 2.67 bits per heavy atom. The first-order chi connectivity index (χ1) is 7.08. The number of amides is 1. The zero-order valence-corrected chi connectivity index (χ0v) is 7.64. The van der Waals surface area contributed by atoms with Crippen LogP contribution in [0.2, 0.25) is 0 Å². The van der Waals surface area contributed by atoms with Crippen LogP contribution in [0.1, 0.15) is 0 Å². The lowest BCUT2D eigenvalue weighted by Crippen LogP contribution is -2.08. The van der Waals surface area contributed by atoms with Crippen LogP contribution in [0.5, 0.6) is 5.75 Å². The van der Waals surface area contributed by atoms with Gasteiger partial charge in [0.1, 0.15) is 0 Å². The minimum atomic E-state index is -1.21. The molecule has 15 heavy (non-hydrogen) atoms. The minimum absolute atomic E-state index is 0.227. The van der Waals surface area contributed by atoms with Crippen molar-refractivity contribution in [2.45, 2.75) is 0 Å². The molecule has 78 valence electrons. The summed E-state index contributed by atoms with van der Waals surface area (Å²) in [5, 5.41) is 21.5. The smallest absolute Gasteiger partial charge is 0.328 e. The lowest BCUT2D eigenvalue weighted by molar-refractivity contribution is -0.268. The molecule has 0 heterocycles. The fraction of sp³-hybridized carbons (Fsp3) is 0. The highest BCUT2D eigenvalue weighted by molar-refractivity contribution is 6.02. The fourth-order valence-electron chi connectivity index (χ4n) is 0.905. The number of carboxylic acids is 1. The normalized spacial score (nSPS) is 10.1. The molecule has 0 saturated carbocycles. The molecule has 1 amide bonds. The average molecular weight is 206 g/mol. The van der Waals surface area contributed by atoms with Gasteiger partial charge in [0.05, 0.1) is 0 Å². The van der Waals surface area contributed by atoms with Crippen LogP contribution in [0, 0.1) is 0 Å². The molecule has 5 nitrogen and oxygen atoms in total. The van der Waals surface area contributed by atoms with Gasteiger partial charge < -0.3 is 15.5 Å². The highest BCUT2D eigenvalue weighted by Gasteiger charge is 1.97. The summed E-state index contributed by atoms with van der Waals surface area (Å²) < 4.78 is 0. The first-order valence-electron chi connectivity index (χ1n) is 4.07. The van der Waals surface area contributed by atoms with E-state index < -0.39 is 11.9 Å². The third-order valence-corrected chi connectivity index (χ3v) is 1.48. The van der Waals surface area contributed by atoms with Crippen molar-refractivity contribution in [3.8, 4) is 5.75 Å². The molecule has 0 atom stereocenters. The number of carbonyl (C=O) groups is 2. The Labute approximate surface area is 85.7 Å². The second-order valence-electron chi connectivity index (χ2n) is 2.69. The summed E-state index contributed by atoms with van der Waals surface area (Å²) in [6, 6.07) is 5.63. The van der Waals surface area contributed by atoms with Gasteiger partial charge in [-0.1, -0.05) is 12.1 Å². The summed E-state index contributed by atoms with van der Waals surface area (Å²) in [6.07, 6.45) is 1.59. The van der Waals surface area contributed by atoms with Gasteiger partial charge in [0.15, 0.2) is 0 Å². The van der Waals surface area contributed by atoms with E-state index in [1.807, 2.05) is 0 Å². The van der Waals surface area contributed by atoms with Gasteiger partial charge in [-0.15, -0.1) is 5.75 Å². The Balaban J connectivity index is 2.63. The van der Waals surface area contributed by atoms with E-state index in [-0.39, 0.29) is 5.75 Å². The van der Waals surface area contributed by atoms with E-state index >= 15 is 0 Å². The highest BCUT2D eigenvalue weighted by atomic mass is 16.4. The molecule has 0 radical (unpaired) electrons. The number of benzene rings is 1. The molecule has 1 rings (SSSR count). The second-order valence-corrected chi connectivity index (χ2v) is 2.69. The Kier molecular flexibility index (Phi) is 3.45. The van der Waals surface area contributed by atoms with E-state index in [4.69, 9.17) is 5.11 Å². The quantitative estimate of drug-likeness (QED) is 0.698. The Morgan fingerprint density at radius 1 is 1.33 bits per heavy atom. The van der Waals surface area contributed by atoms with Crippen LogP contribution in [0.25, 0.3) is 0 Å². The van der Waals surface area contributed by atoms with Gasteiger partial charge >= 0.3 is 5.97 Å². The maximum atomic E-state index is 11.1. The molecule has 5 heteroatoms. The van der Waals surface area contributed by atoms with Gasteiger partial charge in [-0.05, 0) is 12.1 Å². The zero-order valence-electron chi connectivity index (χ0n) is 7.64. The molecular formula is C10H8NO4-. The molecule has 2 N–H and O–H groups in total. The lowest BCUT2D eigenvalue weighted by Gasteiger charge is -2.07. The number of carboxylic acid groups (broad SMARTS) is 1. The van der Waals surface area contributed by atoms with Crippen molar-refractivity contribution in [3.63, 3.8) is 0 Å². The van der Waals surface area contributed by atoms with Crippen LogP contribution in [0.3, 0.4) is 0 Å². The molecule has 0 aliphatic carbocycles. The number of nitrogens with one attached hydrogen (secondary N) is 1. The maximum Gasteiger partial charge on any atom is 0.328 e. The van der Waals surface area contributed by atoms with Crippen LogP contribution in [-0.2, 0) is 9.59 Å². The fourth-order valence-corrected chi connectivity index (χ4v) is 0.905. The first-order valence-corrected chi connectivity index (χ1v) is 4.07. The van der Waals surface area contributed by atoms with Crippen LogP contribution in [-0.4, -0.2) is 17.0 Å². The predicted molar refractivity (Wildman–Crippen MR) is 51.3 cm³/mol. The SMILES string of the molecule is O=C(O)/C=C\C(=O)Nc1cccc([O-])c1. The second kappa shape index (κ2) is 4.80. The molecule has 1 aromatic rings. The summed E-state index contributed by atoms with van der Waals surface area (Å²) in [4.78, 5) is 21.2. The van der Waals surface area contributed by atoms with Gasteiger partial charge in [0.2, 0.25) is 5.91 Å². The van der Waals surface area contributed by atoms with Gasteiger partial charge in [0, 0.05) is 17.8 Å². The number of carbonyl (C=O) groups excluding carboxylic acids is 1. The van der Waals surface area contributed by atoms with Gasteiger partial charge in [-0.2, -0.15) is 0 Å². The molecule has 0 bridgehead atoms. The molecular weight excluding hydrogens is 198 g/mol. The third kappa shape index (κ3) is 3.95. The molecule has 0 aliphatic heterocycles. The number of aliphatic carboxylic acids is 1. The number of hydrogen-bond donors (Lipinski definition) is 2. The van der Waals surface area contributed by atoms with Crippen LogP contribution in [0.15, 0.2) is 36.4 Å². The molecule has 0 saturated heterocycles. The lowest BCUT2D eigenvalue weighted by atomic mass is 10.3. The van der Waals surface area contributed by atoms with E-state index in [1.165, 1.54) is 24.3 Å². The number of rotatable bonds is 3. The van der Waals surface area contributed by atoms with Crippen molar-refractivity contribution in [2.24, 2.45) is 0 Å². The summed E-state index contributed by atoms with van der Waals surface area (Å²) in [7, 11) is 0. The molecule has 0 aromatic heterocycles. The molecule has 0 aliphatic rings. The van der Waals surface area contributed by atoms with E-state index in [0.717, 1.165) is 12.2 Å². The minimum Gasteiger partial charge on any atom is -0.872 e. The standard InChI is InChI=1S/C10H9NO4/c12-8-3-1-2-7(6-8)11-9(13)4-5-10(14)15/h1-6,12H,(H,11,13)(H,14,15)/p-1/b5-4-. The summed E-state index contributed by atoms with van der Waals surface area (Å²) in [6.45, 7) is 0. The largest absolute Gasteiger partial charge is 0.872 e. The Bertz CT molecular complexity index is 412. The Hall–Kier alpha value is -2.30. The van der Waals surface area contributed by atoms with Crippen molar-refractivity contribution in [1.82, 2.24) is 0 Å². The van der Waals surface area contributed by atoms with Crippen LogP contribution < -0.4 is 10.4 Å². The van der Waals surface area contributed by atoms with Crippen molar-refractivity contribution < 1.29 is 19.8 Å². The van der Waals surface area contributed by atoms with Crippen LogP contribution >= 0.6 is 0 Å². The number of anilines is 1. The van der Waals surface area contributed by atoms with E-state index in [9.17, 15) is 14.7 Å². The monoisotopic (exact) mass is 206 g/mol. The first kappa shape index (κ1) is 10.8.